The standard InChI is InChI=1S/C12H21N5O2/c1-8-7-9(2)17(16-8)6-4-5-14-10(3)11(18)15-12(13)19/h7,10,14H,4-6H2,1-3H3,(H3,13,15,18,19). The van der Waals surface area contributed by atoms with Crippen molar-refractivity contribution in [2.45, 2.75) is 39.8 Å². The molecule has 1 aromatic heterocycles. The molecule has 1 rings (SSSR count). The molecule has 0 spiro atoms. The number of imide groups is 1. The summed E-state index contributed by atoms with van der Waals surface area (Å²) in [6, 6.07) is 0.741. The van der Waals surface area contributed by atoms with E-state index in [4.69, 9.17) is 5.73 Å². The molecule has 106 valence electrons. The Bertz CT molecular complexity index is 455. The Balaban J connectivity index is 2.25. The molecule has 0 bridgehead atoms. The fourth-order valence-electron chi connectivity index (χ4n) is 1.77. The Kier molecular flexibility index (Phi) is 5.50. The summed E-state index contributed by atoms with van der Waals surface area (Å²) in [6.45, 7) is 7.10. The number of aromatic nitrogens is 2. The smallest absolute Gasteiger partial charge is 0.318 e. The number of nitrogens with one attached hydrogen (secondary N) is 2. The van der Waals surface area contributed by atoms with E-state index in [0.29, 0.717) is 6.54 Å². The molecular formula is C12H21N5O2. The normalized spacial score (nSPS) is 12.2. The summed E-state index contributed by atoms with van der Waals surface area (Å²) in [7, 11) is 0. The van der Waals surface area contributed by atoms with Crippen LogP contribution in [0.5, 0.6) is 0 Å². The summed E-state index contributed by atoms with van der Waals surface area (Å²) in [6.07, 6.45) is 0.843. The predicted molar refractivity (Wildman–Crippen MR) is 71.5 cm³/mol. The molecular weight excluding hydrogens is 246 g/mol. The van der Waals surface area contributed by atoms with Gasteiger partial charge in [0.05, 0.1) is 11.7 Å². The first-order valence-corrected chi connectivity index (χ1v) is 6.25. The van der Waals surface area contributed by atoms with Crippen molar-refractivity contribution in [3.63, 3.8) is 0 Å². The summed E-state index contributed by atoms with van der Waals surface area (Å²) in [4.78, 5) is 21.9. The van der Waals surface area contributed by atoms with Crippen molar-refractivity contribution in [3.8, 4) is 0 Å². The van der Waals surface area contributed by atoms with E-state index in [0.717, 1.165) is 24.4 Å². The molecule has 0 aliphatic heterocycles. The summed E-state index contributed by atoms with van der Waals surface area (Å²) >= 11 is 0. The number of carbonyl (C=O) groups excluding carboxylic acids is 2. The van der Waals surface area contributed by atoms with Crippen LogP contribution < -0.4 is 16.4 Å². The third kappa shape index (κ3) is 5.09. The number of rotatable bonds is 6. The largest absolute Gasteiger partial charge is 0.351 e. The molecule has 7 heteroatoms. The number of hydrogen-bond acceptors (Lipinski definition) is 4. The number of amides is 3. The van der Waals surface area contributed by atoms with E-state index in [1.165, 1.54) is 0 Å². The minimum atomic E-state index is -0.832. The van der Waals surface area contributed by atoms with Crippen molar-refractivity contribution in [2.24, 2.45) is 5.73 Å². The molecule has 0 aromatic carbocycles. The molecule has 0 saturated carbocycles. The Labute approximate surface area is 112 Å². The summed E-state index contributed by atoms with van der Waals surface area (Å²) in [5.41, 5.74) is 6.99. The fraction of sp³-hybridized carbons (Fsp3) is 0.583. The van der Waals surface area contributed by atoms with E-state index >= 15 is 0 Å². The molecule has 0 aliphatic rings. The lowest BCUT2D eigenvalue weighted by Gasteiger charge is -2.12. The third-order valence-electron chi connectivity index (χ3n) is 2.74. The summed E-state index contributed by atoms with van der Waals surface area (Å²) in [5, 5.41) is 9.41. The van der Waals surface area contributed by atoms with E-state index in [2.05, 4.69) is 10.4 Å². The monoisotopic (exact) mass is 267 g/mol. The van der Waals surface area contributed by atoms with Crippen molar-refractivity contribution >= 4 is 11.9 Å². The Hall–Kier alpha value is -1.89. The van der Waals surface area contributed by atoms with Crippen LogP contribution in [0.2, 0.25) is 0 Å². The Morgan fingerprint density at radius 3 is 2.68 bits per heavy atom. The van der Waals surface area contributed by atoms with Gasteiger partial charge >= 0.3 is 6.03 Å². The molecule has 1 heterocycles. The van der Waals surface area contributed by atoms with Crippen LogP contribution in [0.3, 0.4) is 0 Å². The van der Waals surface area contributed by atoms with Gasteiger partial charge in [0, 0.05) is 12.2 Å². The lowest BCUT2D eigenvalue weighted by atomic mass is 10.3. The summed E-state index contributed by atoms with van der Waals surface area (Å²) in [5.74, 6) is -0.418. The number of nitrogens with zero attached hydrogens (tertiary/aromatic N) is 2. The van der Waals surface area contributed by atoms with Crippen LogP contribution in [-0.4, -0.2) is 34.3 Å². The maximum Gasteiger partial charge on any atom is 0.318 e. The molecule has 4 N–H and O–H groups in total. The van der Waals surface area contributed by atoms with Gasteiger partial charge in [0.15, 0.2) is 0 Å². The van der Waals surface area contributed by atoms with E-state index in [1.54, 1.807) is 6.92 Å². The molecule has 1 unspecified atom stereocenters. The number of primary amides is 1. The molecule has 0 aliphatic carbocycles. The van der Waals surface area contributed by atoms with Crippen LogP contribution in [0.15, 0.2) is 6.07 Å². The van der Waals surface area contributed by atoms with Crippen LogP contribution in [0, 0.1) is 13.8 Å². The van der Waals surface area contributed by atoms with E-state index in [-0.39, 0.29) is 0 Å². The first-order chi connectivity index (χ1) is 8.90. The molecule has 7 nitrogen and oxygen atoms in total. The summed E-state index contributed by atoms with van der Waals surface area (Å²) < 4.78 is 1.94. The number of urea groups is 1. The van der Waals surface area contributed by atoms with E-state index in [9.17, 15) is 9.59 Å². The van der Waals surface area contributed by atoms with Gasteiger partial charge in [-0.2, -0.15) is 5.10 Å². The lowest BCUT2D eigenvalue weighted by Crippen LogP contribution is -2.46. The van der Waals surface area contributed by atoms with Crippen molar-refractivity contribution < 1.29 is 9.59 Å². The average molecular weight is 267 g/mol. The molecule has 1 aromatic rings. The fourth-order valence-corrected chi connectivity index (χ4v) is 1.77. The van der Waals surface area contributed by atoms with Gasteiger partial charge in [-0.15, -0.1) is 0 Å². The molecule has 19 heavy (non-hydrogen) atoms. The quantitative estimate of drug-likeness (QED) is 0.634. The van der Waals surface area contributed by atoms with Crippen molar-refractivity contribution in [1.29, 1.82) is 0 Å². The maximum absolute atomic E-state index is 11.4. The minimum absolute atomic E-state index is 0.418. The van der Waals surface area contributed by atoms with Crippen molar-refractivity contribution in [3.05, 3.63) is 17.5 Å². The Morgan fingerprint density at radius 1 is 1.47 bits per heavy atom. The van der Waals surface area contributed by atoms with Crippen molar-refractivity contribution in [2.75, 3.05) is 6.54 Å². The van der Waals surface area contributed by atoms with Crippen molar-refractivity contribution in [1.82, 2.24) is 20.4 Å². The van der Waals surface area contributed by atoms with Crippen LogP contribution in [0.1, 0.15) is 24.7 Å². The van der Waals surface area contributed by atoms with E-state index < -0.39 is 18.0 Å². The number of aryl methyl sites for hydroxylation is 3. The molecule has 1 atom stereocenters. The highest BCUT2D eigenvalue weighted by atomic mass is 16.2. The lowest BCUT2D eigenvalue weighted by molar-refractivity contribution is -0.121. The van der Waals surface area contributed by atoms with Gasteiger partial charge < -0.3 is 11.1 Å². The van der Waals surface area contributed by atoms with Crippen LogP contribution in [0.4, 0.5) is 4.79 Å². The van der Waals surface area contributed by atoms with Crippen LogP contribution in [0.25, 0.3) is 0 Å². The third-order valence-corrected chi connectivity index (χ3v) is 2.74. The second kappa shape index (κ2) is 6.89. The highest BCUT2D eigenvalue weighted by Gasteiger charge is 2.13. The maximum atomic E-state index is 11.4. The zero-order valence-electron chi connectivity index (χ0n) is 11.6. The number of hydrogen-bond donors (Lipinski definition) is 3. The van der Waals surface area contributed by atoms with Gasteiger partial charge in [0.2, 0.25) is 5.91 Å². The second-order valence-corrected chi connectivity index (χ2v) is 4.53. The van der Waals surface area contributed by atoms with Gasteiger partial charge in [0.1, 0.15) is 0 Å². The molecule has 0 saturated heterocycles. The SMILES string of the molecule is Cc1cc(C)n(CCCNC(C)C(=O)NC(N)=O)n1. The molecule has 3 amide bonds. The van der Waals surface area contributed by atoms with E-state index in [1.807, 2.05) is 29.9 Å². The predicted octanol–water partition coefficient (Wildman–Crippen LogP) is 0.0630. The Morgan fingerprint density at radius 2 is 2.16 bits per heavy atom. The topological polar surface area (TPSA) is 102 Å². The second-order valence-electron chi connectivity index (χ2n) is 4.53. The molecule has 0 radical (unpaired) electrons. The zero-order chi connectivity index (χ0) is 14.4. The first-order valence-electron chi connectivity index (χ1n) is 6.25. The number of carbonyl (C=O) groups is 2. The first kappa shape index (κ1) is 15.2. The number of nitrogens with two attached hydrogens (primary N) is 1. The van der Waals surface area contributed by atoms with Crippen LogP contribution in [-0.2, 0) is 11.3 Å². The molecule has 0 fully saturated rings. The highest BCUT2D eigenvalue weighted by molar-refractivity contribution is 5.96. The zero-order valence-corrected chi connectivity index (χ0v) is 11.6. The van der Waals surface area contributed by atoms with Gasteiger partial charge in [-0.1, -0.05) is 0 Å². The average Bonchev–Trinajstić information content (AvgIpc) is 2.62. The van der Waals surface area contributed by atoms with Gasteiger partial charge in [-0.05, 0) is 39.8 Å². The van der Waals surface area contributed by atoms with Gasteiger partial charge in [0.25, 0.3) is 0 Å². The van der Waals surface area contributed by atoms with Gasteiger partial charge in [-0.25, -0.2) is 4.79 Å². The van der Waals surface area contributed by atoms with Gasteiger partial charge in [-0.3, -0.25) is 14.8 Å². The minimum Gasteiger partial charge on any atom is -0.351 e. The highest BCUT2D eigenvalue weighted by Crippen LogP contribution is 2.02. The van der Waals surface area contributed by atoms with Crippen LogP contribution >= 0.6 is 0 Å².